The SMILES string of the molecule is CCN1CCC(N2CCN(C(=O)C(Cc3cc(Cl)c(N)c(C(F)(F)F)c3)OC(=O)N3CCC(N4CCc5ccccc5NC4=O)CC3)CC2)CC1. The summed E-state index contributed by atoms with van der Waals surface area (Å²) >= 11 is 6.12. The van der Waals surface area contributed by atoms with Crippen LogP contribution >= 0.6 is 11.6 Å². The van der Waals surface area contributed by atoms with Crippen molar-refractivity contribution in [2.24, 2.45) is 0 Å². The lowest BCUT2D eigenvalue weighted by Crippen LogP contribution is -2.56. The minimum Gasteiger partial charge on any atom is -0.436 e. The molecule has 11 nitrogen and oxygen atoms in total. The van der Waals surface area contributed by atoms with Gasteiger partial charge in [0.25, 0.3) is 5.91 Å². The molecule has 15 heteroatoms. The minimum absolute atomic E-state index is 0.0841. The molecule has 3 saturated heterocycles. The second-order valence-electron chi connectivity index (χ2n) is 13.9. The first-order chi connectivity index (χ1) is 24.4. The van der Waals surface area contributed by atoms with E-state index >= 15 is 0 Å². The molecule has 3 N–H and O–H groups in total. The molecule has 2 aromatic rings. The second kappa shape index (κ2) is 15.9. The fourth-order valence-corrected chi connectivity index (χ4v) is 8.07. The van der Waals surface area contributed by atoms with Crippen molar-refractivity contribution in [2.75, 3.05) is 76.5 Å². The molecule has 4 aliphatic heterocycles. The predicted octanol–water partition coefficient (Wildman–Crippen LogP) is 5.17. The van der Waals surface area contributed by atoms with Crippen molar-refractivity contribution in [1.82, 2.24) is 24.5 Å². The molecule has 3 fully saturated rings. The predicted molar refractivity (Wildman–Crippen MR) is 189 cm³/mol. The van der Waals surface area contributed by atoms with Gasteiger partial charge in [-0.1, -0.05) is 36.7 Å². The summed E-state index contributed by atoms with van der Waals surface area (Å²) in [7, 11) is 0. The van der Waals surface area contributed by atoms with E-state index in [1.807, 2.05) is 29.2 Å². The van der Waals surface area contributed by atoms with Crippen LogP contribution in [0.2, 0.25) is 5.02 Å². The van der Waals surface area contributed by atoms with Crippen LogP contribution in [0.5, 0.6) is 0 Å². The number of likely N-dealkylation sites (tertiary alicyclic amines) is 2. The highest BCUT2D eigenvalue weighted by atomic mass is 35.5. The molecule has 4 amide bonds. The van der Waals surface area contributed by atoms with Crippen molar-refractivity contribution in [2.45, 2.75) is 69.8 Å². The van der Waals surface area contributed by atoms with Gasteiger partial charge in [-0.2, -0.15) is 13.2 Å². The Morgan fingerprint density at radius 3 is 2.27 bits per heavy atom. The van der Waals surface area contributed by atoms with E-state index < -0.39 is 35.5 Å². The third-order valence-corrected chi connectivity index (χ3v) is 11.2. The van der Waals surface area contributed by atoms with Crippen LogP contribution in [0, 0.1) is 0 Å². The molecule has 1 atom stereocenters. The van der Waals surface area contributed by atoms with Gasteiger partial charge in [-0.15, -0.1) is 0 Å². The van der Waals surface area contributed by atoms with E-state index in [9.17, 15) is 27.6 Å². The third-order valence-electron chi connectivity index (χ3n) is 10.9. The Kier molecular flexibility index (Phi) is 11.5. The Balaban J connectivity index is 1.11. The normalized spacial score (nSPS) is 20.8. The maximum Gasteiger partial charge on any atom is 0.418 e. The number of ether oxygens (including phenoxy) is 1. The molecule has 278 valence electrons. The molecule has 6 rings (SSSR count). The number of anilines is 2. The van der Waals surface area contributed by atoms with Crippen molar-refractivity contribution in [1.29, 1.82) is 0 Å². The lowest BCUT2D eigenvalue weighted by atomic mass is 10.0. The van der Waals surface area contributed by atoms with E-state index in [4.69, 9.17) is 22.1 Å². The van der Waals surface area contributed by atoms with Crippen LogP contribution in [0.25, 0.3) is 0 Å². The number of nitrogens with zero attached hydrogens (tertiary/aromatic N) is 5. The first-order valence-electron chi connectivity index (χ1n) is 17.9. The fourth-order valence-electron chi connectivity index (χ4n) is 7.83. The molecule has 0 radical (unpaired) electrons. The van der Waals surface area contributed by atoms with Crippen LogP contribution in [-0.2, 0) is 28.5 Å². The molecule has 1 unspecified atom stereocenters. The second-order valence-corrected chi connectivity index (χ2v) is 14.3. The summed E-state index contributed by atoms with van der Waals surface area (Å²) in [5.74, 6) is -0.457. The molecular weight excluding hydrogens is 687 g/mol. The van der Waals surface area contributed by atoms with Crippen molar-refractivity contribution in [3.8, 4) is 0 Å². The molecule has 2 aromatic carbocycles. The first-order valence-corrected chi connectivity index (χ1v) is 18.3. The number of nitrogens with one attached hydrogen (secondary N) is 1. The van der Waals surface area contributed by atoms with E-state index in [0.717, 1.165) is 49.8 Å². The fraction of sp³-hybridized carbons (Fsp3) is 0.583. The number of piperidine rings is 2. The number of nitrogen functional groups attached to an aromatic ring is 1. The van der Waals surface area contributed by atoms with E-state index in [1.54, 1.807) is 4.90 Å². The van der Waals surface area contributed by atoms with Gasteiger partial charge in [0, 0.05) is 70.0 Å². The van der Waals surface area contributed by atoms with Crippen molar-refractivity contribution in [3.05, 3.63) is 58.1 Å². The van der Waals surface area contributed by atoms with Crippen LogP contribution < -0.4 is 11.1 Å². The molecule has 4 aliphatic rings. The zero-order valence-corrected chi connectivity index (χ0v) is 29.7. The smallest absolute Gasteiger partial charge is 0.418 e. The summed E-state index contributed by atoms with van der Waals surface area (Å²) in [6, 6.07) is 10.0. The molecular formula is C36H47ClF3N7O4. The summed E-state index contributed by atoms with van der Waals surface area (Å²) in [6.45, 7) is 8.58. The summed E-state index contributed by atoms with van der Waals surface area (Å²) in [5.41, 5.74) is 5.90. The average molecular weight is 734 g/mol. The third kappa shape index (κ3) is 8.66. The largest absolute Gasteiger partial charge is 0.436 e. The maximum atomic E-state index is 14.0. The summed E-state index contributed by atoms with van der Waals surface area (Å²) < 4.78 is 47.3. The Morgan fingerprint density at radius 2 is 1.61 bits per heavy atom. The number of hydrogen-bond donors (Lipinski definition) is 2. The Labute approximate surface area is 301 Å². The highest BCUT2D eigenvalue weighted by Crippen LogP contribution is 2.38. The summed E-state index contributed by atoms with van der Waals surface area (Å²) in [6.07, 6.45) is -3.29. The first kappa shape index (κ1) is 37.0. The maximum absolute atomic E-state index is 14.0. The number of rotatable bonds is 7. The van der Waals surface area contributed by atoms with Crippen LogP contribution in [0.3, 0.4) is 0 Å². The van der Waals surface area contributed by atoms with Gasteiger partial charge in [0.15, 0.2) is 6.10 Å². The number of piperazine rings is 1. The molecule has 0 bridgehead atoms. The van der Waals surface area contributed by atoms with Gasteiger partial charge in [-0.05, 0) is 81.1 Å². The molecule has 0 spiro atoms. The van der Waals surface area contributed by atoms with Crippen LogP contribution in [0.15, 0.2) is 36.4 Å². The number of carbonyl (C=O) groups excluding carboxylic acids is 3. The van der Waals surface area contributed by atoms with Crippen molar-refractivity contribution in [3.63, 3.8) is 0 Å². The number of carbonyl (C=O) groups is 3. The number of para-hydroxylation sites is 1. The molecule has 0 aromatic heterocycles. The molecule has 51 heavy (non-hydrogen) atoms. The average Bonchev–Trinajstić information content (AvgIpc) is 3.30. The Hall–Kier alpha value is -3.75. The lowest BCUT2D eigenvalue weighted by Gasteiger charge is -2.43. The molecule has 0 aliphatic carbocycles. The number of nitrogens with two attached hydrogens (primary N) is 1. The highest BCUT2D eigenvalue weighted by molar-refractivity contribution is 6.33. The van der Waals surface area contributed by atoms with Gasteiger partial charge >= 0.3 is 18.3 Å². The summed E-state index contributed by atoms with van der Waals surface area (Å²) in [4.78, 5) is 50.5. The van der Waals surface area contributed by atoms with Crippen LogP contribution in [-0.4, -0.2) is 126 Å². The van der Waals surface area contributed by atoms with Gasteiger partial charge in [0.05, 0.1) is 16.3 Å². The van der Waals surface area contributed by atoms with E-state index in [-0.39, 0.29) is 29.1 Å². The number of benzene rings is 2. The molecule has 0 saturated carbocycles. The van der Waals surface area contributed by atoms with Gasteiger partial charge in [0.2, 0.25) is 0 Å². The van der Waals surface area contributed by atoms with E-state index in [2.05, 4.69) is 22.0 Å². The van der Waals surface area contributed by atoms with E-state index in [1.165, 1.54) is 11.0 Å². The number of hydrogen-bond acceptors (Lipinski definition) is 7. The lowest BCUT2D eigenvalue weighted by molar-refractivity contribution is -0.143. The van der Waals surface area contributed by atoms with Crippen molar-refractivity contribution < 1.29 is 32.3 Å². The summed E-state index contributed by atoms with van der Waals surface area (Å²) in [5, 5.41) is 2.70. The van der Waals surface area contributed by atoms with Crippen LogP contribution in [0.4, 0.5) is 34.1 Å². The zero-order valence-electron chi connectivity index (χ0n) is 29.0. The quantitative estimate of drug-likeness (QED) is 0.378. The zero-order chi connectivity index (χ0) is 36.3. The van der Waals surface area contributed by atoms with Gasteiger partial charge in [-0.3, -0.25) is 9.69 Å². The number of alkyl halides is 3. The van der Waals surface area contributed by atoms with Crippen molar-refractivity contribution >= 4 is 41.0 Å². The minimum atomic E-state index is -4.76. The number of halogens is 4. The highest BCUT2D eigenvalue weighted by Gasteiger charge is 2.38. The van der Waals surface area contributed by atoms with E-state index in [0.29, 0.717) is 71.1 Å². The standard InChI is InChI=1S/C36H47ClF3N7O4/c1-2-43-12-8-26(9-13-43)44-17-19-45(20-18-44)33(48)31(23-24-21-28(36(38,39)40)32(41)29(37)22-24)51-35(50)46-14-10-27(11-15-46)47-16-7-25-5-3-4-6-30(25)42-34(47)49/h3-6,21-22,26-27,31H,2,7-20,23,41H2,1H3,(H,42,49). The van der Waals surface area contributed by atoms with Gasteiger partial charge in [0.1, 0.15) is 0 Å². The van der Waals surface area contributed by atoms with Gasteiger partial charge < -0.3 is 35.4 Å². The molecule has 4 heterocycles. The van der Waals surface area contributed by atoms with Crippen LogP contribution in [0.1, 0.15) is 49.3 Å². The monoisotopic (exact) mass is 733 g/mol. The Morgan fingerprint density at radius 1 is 0.941 bits per heavy atom. The Bertz CT molecular complexity index is 1570. The van der Waals surface area contributed by atoms with Gasteiger partial charge in [-0.25, -0.2) is 9.59 Å². The topological polar surface area (TPSA) is 115 Å². The number of urea groups is 1. The number of amides is 4. The number of fused-ring (bicyclic) bond motifs is 1.